The predicted octanol–water partition coefficient (Wildman–Crippen LogP) is 1.27. The van der Waals surface area contributed by atoms with Crippen molar-refractivity contribution in [3.05, 3.63) is 22.4 Å². The normalized spacial score (nSPS) is 14.3. The van der Waals surface area contributed by atoms with Crippen LogP contribution in [0.2, 0.25) is 0 Å². The molecule has 1 aromatic heterocycles. The Bertz CT molecular complexity index is 327. The molecule has 0 spiro atoms. The van der Waals surface area contributed by atoms with Crippen molar-refractivity contribution in [1.29, 1.82) is 0 Å². The smallest absolute Gasteiger partial charge is 0.220 e. The summed E-state index contributed by atoms with van der Waals surface area (Å²) >= 11 is 1.53. The molecule has 0 aromatic carbocycles. The Labute approximate surface area is 106 Å². The second-order valence-electron chi connectivity index (χ2n) is 4.26. The predicted molar refractivity (Wildman–Crippen MR) is 69.7 cm³/mol. The summed E-state index contributed by atoms with van der Waals surface area (Å²) in [4.78, 5) is 11.5. The Hall–Kier alpha value is -0.910. The highest BCUT2D eigenvalue weighted by Crippen LogP contribution is 2.15. The molecule has 96 valence electrons. The first-order chi connectivity index (χ1) is 8.13. The van der Waals surface area contributed by atoms with E-state index in [-0.39, 0.29) is 12.5 Å². The molecule has 0 aliphatic heterocycles. The lowest BCUT2D eigenvalue weighted by atomic mass is 10.1. The zero-order valence-corrected chi connectivity index (χ0v) is 10.9. The Morgan fingerprint density at radius 1 is 1.65 bits per heavy atom. The lowest BCUT2D eigenvalue weighted by Gasteiger charge is -2.11. The highest BCUT2D eigenvalue weighted by atomic mass is 32.1. The van der Waals surface area contributed by atoms with E-state index >= 15 is 0 Å². The van der Waals surface area contributed by atoms with E-state index in [1.807, 2.05) is 23.8 Å². The van der Waals surface area contributed by atoms with Crippen LogP contribution in [0, 0.1) is 5.92 Å². The number of carbonyl (C=O) groups is 1. The second kappa shape index (κ2) is 7.42. The minimum atomic E-state index is -0.614. The Morgan fingerprint density at radius 3 is 3.00 bits per heavy atom. The topological polar surface area (TPSA) is 75.4 Å². The van der Waals surface area contributed by atoms with Crippen molar-refractivity contribution in [2.75, 3.05) is 13.1 Å². The molecule has 0 aliphatic carbocycles. The second-order valence-corrected chi connectivity index (χ2v) is 5.04. The third-order valence-corrected chi connectivity index (χ3v) is 3.39. The fourth-order valence-electron chi connectivity index (χ4n) is 1.38. The van der Waals surface area contributed by atoms with E-state index in [2.05, 4.69) is 5.32 Å². The van der Waals surface area contributed by atoms with Gasteiger partial charge in [0.25, 0.3) is 0 Å². The number of hydrogen-bond acceptors (Lipinski definition) is 4. The molecule has 17 heavy (non-hydrogen) atoms. The van der Waals surface area contributed by atoms with Crippen LogP contribution in [-0.2, 0) is 4.79 Å². The summed E-state index contributed by atoms with van der Waals surface area (Å²) in [5, 5.41) is 16.3. The zero-order chi connectivity index (χ0) is 12.7. The molecule has 1 aromatic rings. The van der Waals surface area contributed by atoms with Gasteiger partial charge in [-0.15, -0.1) is 0 Å². The average molecular weight is 256 g/mol. The summed E-state index contributed by atoms with van der Waals surface area (Å²) in [5.41, 5.74) is 6.33. The van der Waals surface area contributed by atoms with Crippen LogP contribution in [0.25, 0.3) is 0 Å². The van der Waals surface area contributed by atoms with Crippen molar-refractivity contribution in [3.8, 4) is 0 Å². The van der Waals surface area contributed by atoms with E-state index in [4.69, 9.17) is 5.73 Å². The summed E-state index contributed by atoms with van der Waals surface area (Å²) in [6.45, 7) is 2.89. The van der Waals surface area contributed by atoms with Gasteiger partial charge in [0.15, 0.2) is 0 Å². The number of nitrogens with two attached hydrogens (primary N) is 1. The van der Waals surface area contributed by atoms with E-state index in [0.29, 0.717) is 18.9 Å². The Morgan fingerprint density at radius 2 is 2.41 bits per heavy atom. The minimum absolute atomic E-state index is 0.0282. The van der Waals surface area contributed by atoms with Crippen molar-refractivity contribution >= 4 is 17.2 Å². The van der Waals surface area contributed by atoms with Crippen LogP contribution in [-0.4, -0.2) is 24.1 Å². The standard InChI is InChI=1S/C12H20N2O2S/c1-9(6-13)2-3-12(16)14-7-11(15)10-4-5-17-8-10/h4-5,8-9,11,15H,2-3,6-7,13H2,1H3,(H,14,16). The lowest BCUT2D eigenvalue weighted by Crippen LogP contribution is -2.28. The largest absolute Gasteiger partial charge is 0.387 e. The van der Waals surface area contributed by atoms with Crippen LogP contribution >= 0.6 is 11.3 Å². The molecule has 4 N–H and O–H groups in total. The monoisotopic (exact) mass is 256 g/mol. The molecule has 1 rings (SSSR count). The SMILES string of the molecule is CC(CN)CCC(=O)NCC(O)c1ccsc1. The first kappa shape index (κ1) is 14.2. The number of carbonyl (C=O) groups excluding carboxylic acids is 1. The van der Waals surface area contributed by atoms with Gasteiger partial charge in [0.05, 0.1) is 6.10 Å². The van der Waals surface area contributed by atoms with Gasteiger partial charge in [-0.1, -0.05) is 6.92 Å². The molecule has 2 atom stereocenters. The maximum absolute atomic E-state index is 11.5. The van der Waals surface area contributed by atoms with Crippen LogP contribution in [0.5, 0.6) is 0 Å². The van der Waals surface area contributed by atoms with E-state index in [1.54, 1.807) is 0 Å². The molecule has 0 aliphatic rings. The van der Waals surface area contributed by atoms with Gasteiger partial charge < -0.3 is 16.2 Å². The van der Waals surface area contributed by atoms with Crippen LogP contribution in [0.1, 0.15) is 31.4 Å². The first-order valence-electron chi connectivity index (χ1n) is 5.80. The molecule has 0 radical (unpaired) electrons. The van der Waals surface area contributed by atoms with Gasteiger partial charge in [-0.3, -0.25) is 4.79 Å². The van der Waals surface area contributed by atoms with Gasteiger partial charge in [0.2, 0.25) is 5.91 Å². The van der Waals surface area contributed by atoms with E-state index in [1.165, 1.54) is 11.3 Å². The summed E-state index contributed by atoms with van der Waals surface area (Å²) in [6, 6.07) is 1.86. The van der Waals surface area contributed by atoms with E-state index in [9.17, 15) is 9.90 Å². The van der Waals surface area contributed by atoms with Crippen LogP contribution < -0.4 is 11.1 Å². The van der Waals surface area contributed by atoms with Gasteiger partial charge in [-0.05, 0) is 41.3 Å². The maximum Gasteiger partial charge on any atom is 0.220 e. The van der Waals surface area contributed by atoms with Crippen LogP contribution in [0.3, 0.4) is 0 Å². The average Bonchev–Trinajstić information content (AvgIpc) is 2.86. The van der Waals surface area contributed by atoms with Gasteiger partial charge >= 0.3 is 0 Å². The number of nitrogens with one attached hydrogen (secondary N) is 1. The molecule has 2 unspecified atom stereocenters. The molecular formula is C12H20N2O2S. The minimum Gasteiger partial charge on any atom is -0.387 e. The highest BCUT2D eigenvalue weighted by Gasteiger charge is 2.10. The van der Waals surface area contributed by atoms with Gasteiger partial charge in [0, 0.05) is 13.0 Å². The fraction of sp³-hybridized carbons (Fsp3) is 0.583. The molecule has 1 amide bonds. The highest BCUT2D eigenvalue weighted by molar-refractivity contribution is 7.07. The number of aliphatic hydroxyl groups excluding tert-OH is 1. The molecular weight excluding hydrogens is 236 g/mol. The molecule has 4 nitrogen and oxygen atoms in total. The van der Waals surface area contributed by atoms with Crippen LogP contribution in [0.15, 0.2) is 16.8 Å². The third kappa shape index (κ3) is 5.30. The van der Waals surface area contributed by atoms with E-state index < -0.39 is 6.10 Å². The van der Waals surface area contributed by atoms with Gasteiger partial charge in [-0.2, -0.15) is 11.3 Å². The molecule has 1 heterocycles. The fourth-order valence-corrected chi connectivity index (χ4v) is 2.08. The quantitative estimate of drug-likeness (QED) is 0.688. The summed E-state index contributed by atoms with van der Waals surface area (Å²) in [7, 11) is 0. The molecule has 0 saturated heterocycles. The lowest BCUT2D eigenvalue weighted by molar-refractivity contribution is -0.121. The van der Waals surface area contributed by atoms with Crippen molar-refractivity contribution < 1.29 is 9.90 Å². The third-order valence-electron chi connectivity index (χ3n) is 2.69. The number of rotatable bonds is 7. The summed E-state index contributed by atoms with van der Waals surface area (Å²) < 4.78 is 0. The Kier molecular flexibility index (Phi) is 6.18. The maximum atomic E-state index is 11.5. The summed E-state index contributed by atoms with van der Waals surface area (Å²) in [6.07, 6.45) is 0.642. The summed E-state index contributed by atoms with van der Waals surface area (Å²) in [5.74, 6) is 0.335. The number of hydrogen-bond donors (Lipinski definition) is 3. The first-order valence-corrected chi connectivity index (χ1v) is 6.74. The van der Waals surface area contributed by atoms with Crippen molar-refractivity contribution in [1.82, 2.24) is 5.32 Å². The number of aliphatic hydroxyl groups is 1. The Balaban J connectivity index is 2.19. The molecule has 0 fully saturated rings. The zero-order valence-electron chi connectivity index (χ0n) is 10.1. The van der Waals surface area contributed by atoms with Crippen molar-refractivity contribution in [2.45, 2.75) is 25.9 Å². The van der Waals surface area contributed by atoms with Crippen molar-refractivity contribution in [3.63, 3.8) is 0 Å². The molecule has 0 bridgehead atoms. The molecule has 0 saturated carbocycles. The van der Waals surface area contributed by atoms with Gasteiger partial charge in [0.1, 0.15) is 0 Å². The van der Waals surface area contributed by atoms with Crippen LogP contribution in [0.4, 0.5) is 0 Å². The number of thiophene rings is 1. The number of amides is 1. The van der Waals surface area contributed by atoms with Crippen molar-refractivity contribution in [2.24, 2.45) is 11.7 Å². The van der Waals surface area contributed by atoms with E-state index in [0.717, 1.165) is 12.0 Å². The molecule has 5 heteroatoms. The van der Waals surface area contributed by atoms with Gasteiger partial charge in [-0.25, -0.2) is 0 Å².